The van der Waals surface area contributed by atoms with Crippen molar-refractivity contribution < 1.29 is 9.53 Å². The van der Waals surface area contributed by atoms with Crippen molar-refractivity contribution in [3.8, 4) is 5.75 Å². The minimum Gasteiger partial charge on any atom is -0.495 e. The molecule has 0 aliphatic carbocycles. The van der Waals surface area contributed by atoms with Crippen molar-refractivity contribution in [3.63, 3.8) is 0 Å². The number of amides is 1. The second kappa shape index (κ2) is 8.68. The van der Waals surface area contributed by atoms with E-state index in [0.717, 1.165) is 4.88 Å². The molecule has 0 saturated heterocycles. The summed E-state index contributed by atoms with van der Waals surface area (Å²) in [7, 11) is 1.57. The summed E-state index contributed by atoms with van der Waals surface area (Å²) in [5.41, 5.74) is 0.641. The Balaban J connectivity index is 1.59. The highest BCUT2D eigenvalue weighted by Gasteiger charge is 2.18. The number of thiophene rings is 1. The number of carbonyl (C=O) groups excluding carboxylic acids is 1. The van der Waals surface area contributed by atoms with E-state index in [1.165, 1.54) is 11.8 Å². The largest absolute Gasteiger partial charge is 0.495 e. The number of carbonyl (C=O) groups is 1. The van der Waals surface area contributed by atoms with Crippen LogP contribution in [0.25, 0.3) is 12.2 Å². The number of rotatable bonds is 7. The van der Waals surface area contributed by atoms with Gasteiger partial charge in [0.1, 0.15) is 11.6 Å². The zero-order chi connectivity index (χ0) is 18.4. The van der Waals surface area contributed by atoms with Gasteiger partial charge in [-0.15, -0.1) is 16.4 Å². The molecule has 26 heavy (non-hydrogen) atoms. The van der Waals surface area contributed by atoms with Gasteiger partial charge in [0.05, 0.1) is 18.0 Å². The van der Waals surface area contributed by atoms with Crippen molar-refractivity contribution in [2.45, 2.75) is 17.3 Å². The van der Waals surface area contributed by atoms with Crippen molar-refractivity contribution in [3.05, 3.63) is 52.5 Å². The van der Waals surface area contributed by atoms with Crippen molar-refractivity contribution in [1.82, 2.24) is 15.2 Å². The minimum absolute atomic E-state index is 0.139. The summed E-state index contributed by atoms with van der Waals surface area (Å²) < 4.78 is 5.25. The number of aromatic amines is 1. The van der Waals surface area contributed by atoms with Crippen molar-refractivity contribution >= 4 is 46.8 Å². The number of H-pyrrole nitrogens is 1. The summed E-state index contributed by atoms with van der Waals surface area (Å²) in [5, 5.41) is 12.1. The van der Waals surface area contributed by atoms with Crippen LogP contribution in [0.4, 0.5) is 5.69 Å². The van der Waals surface area contributed by atoms with Crippen LogP contribution in [0.2, 0.25) is 0 Å². The molecule has 134 valence electrons. The normalized spacial score (nSPS) is 12.2. The maximum atomic E-state index is 12.4. The quantitative estimate of drug-likeness (QED) is 0.596. The first-order valence-electron chi connectivity index (χ1n) is 7.90. The van der Waals surface area contributed by atoms with Gasteiger partial charge in [-0.05, 0) is 42.7 Å². The number of nitrogens with one attached hydrogen (secondary N) is 2. The van der Waals surface area contributed by atoms with Crippen molar-refractivity contribution in [2.75, 3.05) is 12.4 Å². The summed E-state index contributed by atoms with van der Waals surface area (Å²) >= 11 is 2.94. The van der Waals surface area contributed by atoms with Crippen molar-refractivity contribution in [2.24, 2.45) is 0 Å². The molecule has 3 rings (SSSR count). The van der Waals surface area contributed by atoms with Gasteiger partial charge in [-0.2, -0.15) is 0 Å². The maximum absolute atomic E-state index is 12.4. The summed E-state index contributed by atoms with van der Waals surface area (Å²) in [6.45, 7) is 1.81. The lowest BCUT2D eigenvalue weighted by molar-refractivity contribution is -0.115. The first-order chi connectivity index (χ1) is 12.7. The number of ether oxygens (including phenoxy) is 1. The van der Waals surface area contributed by atoms with Crippen LogP contribution in [0, 0.1) is 0 Å². The fraction of sp³-hybridized carbons (Fsp3) is 0.167. The summed E-state index contributed by atoms with van der Waals surface area (Å²) in [6.07, 6.45) is 3.83. The van der Waals surface area contributed by atoms with Crippen LogP contribution in [-0.4, -0.2) is 33.4 Å². The van der Waals surface area contributed by atoms with Gasteiger partial charge in [0.2, 0.25) is 11.1 Å². The smallest absolute Gasteiger partial charge is 0.237 e. The molecular formula is C18H18N4O2S2. The number of nitrogens with zero attached hydrogens (tertiary/aromatic N) is 2. The number of para-hydroxylation sites is 2. The molecule has 3 aromatic rings. The van der Waals surface area contributed by atoms with Gasteiger partial charge in [0.25, 0.3) is 0 Å². The third-order valence-electron chi connectivity index (χ3n) is 3.45. The first-order valence-corrected chi connectivity index (χ1v) is 9.66. The average Bonchev–Trinajstić information content (AvgIpc) is 3.32. The van der Waals surface area contributed by atoms with Gasteiger partial charge < -0.3 is 10.1 Å². The number of benzene rings is 1. The van der Waals surface area contributed by atoms with Gasteiger partial charge in [0, 0.05) is 4.88 Å². The van der Waals surface area contributed by atoms with Crippen LogP contribution in [0.15, 0.2) is 46.9 Å². The van der Waals surface area contributed by atoms with E-state index in [1.54, 1.807) is 30.6 Å². The summed E-state index contributed by atoms with van der Waals surface area (Å²) in [6, 6.07) is 11.3. The minimum atomic E-state index is -0.357. The van der Waals surface area contributed by atoms with E-state index in [1.807, 2.05) is 48.7 Å². The maximum Gasteiger partial charge on any atom is 0.237 e. The molecule has 0 saturated carbocycles. The third-order valence-corrected chi connectivity index (χ3v) is 5.25. The molecule has 1 atom stereocenters. The fourth-order valence-corrected chi connectivity index (χ4v) is 3.48. The lowest BCUT2D eigenvalue weighted by Crippen LogP contribution is -2.22. The molecule has 0 aliphatic heterocycles. The zero-order valence-corrected chi connectivity index (χ0v) is 15.9. The average molecular weight is 387 g/mol. The monoisotopic (exact) mass is 386 g/mol. The predicted octanol–water partition coefficient (Wildman–Crippen LogP) is 4.16. The molecule has 2 N–H and O–H groups in total. The molecule has 6 nitrogen and oxygen atoms in total. The lowest BCUT2D eigenvalue weighted by Gasteiger charge is -2.12. The first kappa shape index (κ1) is 18.2. The van der Waals surface area contributed by atoms with Gasteiger partial charge in [0.15, 0.2) is 0 Å². The number of hydrogen-bond acceptors (Lipinski definition) is 6. The van der Waals surface area contributed by atoms with E-state index in [9.17, 15) is 4.79 Å². The Labute approximate surface area is 159 Å². The highest BCUT2D eigenvalue weighted by molar-refractivity contribution is 8.00. The topological polar surface area (TPSA) is 79.9 Å². The standard InChI is InChI=1S/C18H18N4O2S2/c1-12(17(23)19-14-7-3-4-8-15(14)24-2)26-18-20-16(21-22-18)10-9-13-6-5-11-25-13/h3-12H,1-2H3,(H,19,23)(H,20,21,22)/b10-9+. The molecule has 1 aromatic carbocycles. The van der Waals surface area contributed by atoms with Gasteiger partial charge in [-0.3, -0.25) is 9.89 Å². The molecular weight excluding hydrogens is 368 g/mol. The Morgan fingerprint density at radius 1 is 1.31 bits per heavy atom. The molecule has 0 aliphatic rings. The molecule has 1 amide bonds. The molecule has 0 fully saturated rings. The van der Waals surface area contributed by atoms with E-state index in [0.29, 0.717) is 22.4 Å². The number of thioether (sulfide) groups is 1. The number of hydrogen-bond donors (Lipinski definition) is 2. The van der Waals surface area contributed by atoms with Crippen LogP contribution < -0.4 is 10.1 Å². The van der Waals surface area contributed by atoms with E-state index >= 15 is 0 Å². The van der Waals surface area contributed by atoms with E-state index < -0.39 is 0 Å². The third kappa shape index (κ3) is 4.74. The molecule has 0 spiro atoms. The van der Waals surface area contributed by atoms with Crippen LogP contribution >= 0.6 is 23.1 Å². The van der Waals surface area contributed by atoms with Gasteiger partial charge >= 0.3 is 0 Å². The Morgan fingerprint density at radius 2 is 2.15 bits per heavy atom. The Bertz CT molecular complexity index is 890. The van der Waals surface area contributed by atoms with Crippen LogP contribution in [-0.2, 0) is 4.79 Å². The number of anilines is 1. The Hall–Kier alpha value is -2.58. The van der Waals surface area contributed by atoms with Gasteiger partial charge in [-0.25, -0.2) is 4.98 Å². The number of aromatic nitrogens is 3. The van der Waals surface area contributed by atoms with Crippen LogP contribution in [0.3, 0.4) is 0 Å². The van der Waals surface area contributed by atoms with E-state index in [-0.39, 0.29) is 11.2 Å². The Morgan fingerprint density at radius 3 is 2.92 bits per heavy atom. The summed E-state index contributed by atoms with van der Waals surface area (Å²) in [5.74, 6) is 1.13. The highest BCUT2D eigenvalue weighted by atomic mass is 32.2. The van der Waals surface area contributed by atoms with Crippen LogP contribution in [0.1, 0.15) is 17.6 Å². The lowest BCUT2D eigenvalue weighted by atomic mass is 10.3. The molecule has 0 bridgehead atoms. The molecule has 2 aromatic heterocycles. The molecule has 2 heterocycles. The fourth-order valence-electron chi connectivity index (χ4n) is 2.13. The van der Waals surface area contributed by atoms with E-state index in [4.69, 9.17) is 4.74 Å². The second-order valence-electron chi connectivity index (χ2n) is 5.30. The SMILES string of the molecule is COc1ccccc1NC(=O)C(C)Sc1n[nH]c(/C=C/c2cccs2)n1. The van der Waals surface area contributed by atoms with Gasteiger partial charge in [-0.1, -0.05) is 30.0 Å². The zero-order valence-electron chi connectivity index (χ0n) is 14.3. The molecule has 8 heteroatoms. The van der Waals surface area contributed by atoms with Crippen molar-refractivity contribution in [1.29, 1.82) is 0 Å². The molecule has 1 unspecified atom stereocenters. The summed E-state index contributed by atoms with van der Waals surface area (Å²) in [4.78, 5) is 17.9. The predicted molar refractivity (Wildman–Crippen MR) is 107 cm³/mol. The number of methoxy groups -OCH3 is 1. The van der Waals surface area contributed by atoms with Crippen LogP contribution in [0.5, 0.6) is 5.75 Å². The Kier molecular flexibility index (Phi) is 6.08. The molecule has 0 radical (unpaired) electrons. The van der Waals surface area contributed by atoms with E-state index in [2.05, 4.69) is 20.5 Å². The highest BCUT2D eigenvalue weighted by Crippen LogP contribution is 2.26. The second-order valence-corrected chi connectivity index (χ2v) is 7.59.